The fraction of sp³-hybridized carbons (Fsp3) is 0.400. The molecule has 0 saturated carbocycles. The van der Waals surface area contributed by atoms with Crippen LogP contribution in [0.3, 0.4) is 0 Å². The van der Waals surface area contributed by atoms with E-state index in [1.54, 1.807) is 0 Å². The maximum Gasteiger partial charge on any atom is 0.0456 e. The SMILES string of the molecule is CC[C@@H](N)c1c(C)cccc1Cl. The van der Waals surface area contributed by atoms with Gasteiger partial charge in [0.05, 0.1) is 0 Å². The van der Waals surface area contributed by atoms with Gasteiger partial charge >= 0.3 is 0 Å². The highest BCUT2D eigenvalue weighted by Crippen LogP contribution is 2.26. The summed E-state index contributed by atoms with van der Waals surface area (Å²) in [6, 6.07) is 5.94. The van der Waals surface area contributed by atoms with E-state index in [1.807, 2.05) is 25.1 Å². The number of hydrogen-bond acceptors (Lipinski definition) is 1. The first-order chi connectivity index (χ1) is 5.66. The molecule has 0 aliphatic heterocycles. The van der Waals surface area contributed by atoms with Crippen molar-refractivity contribution >= 4 is 11.6 Å². The normalized spacial score (nSPS) is 13.0. The van der Waals surface area contributed by atoms with E-state index in [2.05, 4.69) is 6.92 Å². The zero-order valence-corrected chi connectivity index (χ0v) is 8.23. The summed E-state index contributed by atoms with van der Waals surface area (Å²) in [4.78, 5) is 0. The largest absolute Gasteiger partial charge is 0.324 e. The van der Waals surface area contributed by atoms with Crippen LogP contribution in [-0.2, 0) is 0 Å². The molecule has 1 rings (SSSR count). The van der Waals surface area contributed by atoms with Crippen LogP contribution in [0.25, 0.3) is 0 Å². The van der Waals surface area contributed by atoms with Crippen molar-refractivity contribution in [1.29, 1.82) is 0 Å². The molecule has 0 amide bonds. The van der Waals surface area contributed by atoms with Crippen LogP contribution < -0.4 is 5.73 Å². The average Bonchev–Trinajstić information content (AvgIpc) is 2.03. The topological polar surface area (TPSA) is 26.0 Å². The third-order valence-electron chi connectivity index (χ3n) is 2.08. The Bertz CT molecular complexity index is 250. The second-order valence-corrected chi connectivity index (χ2v) is 3.39. The van der Waals surface area contributed by atoms with Crippen molar-refractivity contribution in [3.05, 3.63) is 34.3 Å². The van der Waals surface area contributed by atoms with Crippen LogP contribution in [0.4, 0.5) is 0 Å². The molecule has 0 aromatic heterocycles. The number of rotatable bonds is 2. The third kappa shape index (κ3) is 1.79. The molecule has 0 fully saturated rings. The summed E-state index contributed by atoms with van der Waals surface area (Å²) in [6.45, 7) is 4.10. The molecule has 0 aliphatic carbocycles. The molecule has 1 aromatic carbocycles. The lowest BCUT2D eigenvalue weighted by molar-refractivity contribution is 0.694. The highest BCUT2D eigenvalue weighted by atomic mass is 35.5. The van der Waals surface area contributed by atoms with E-state index < -0.39 is 0 Å². The van der Waals surface area contributed by atoms with Crippen LogP contribution in [0, 0.1) is 6.92 Å². The Hall–Kier alpha value is -0.530. The molecule has 0 aliphatic rings. The molecule has 0 heterocycles. The Morgan fingerprint density at radius 2 is 2.17 bits per heavy atom. The zero-order chi connectivity index (χ0) is 9.14. The molecule has 0 spiro atoms. The molecular weight excluding hydrogens is 170 g/mol. The van der Waals surface area contributed by atoms with Crippen LogP contribution >= 0.6 is 11.6 Å². The summed E-state index contributed by atoms with van der Waals surface area (Å²) in [6.07, 6.45) is 0.921. The van der Waals surface area contributed by atoms with Gasteiger partial charge in [-0.2, -0.15) is 0 Å². The van der Waals surface area contributed by atoms with Gasteiger partial charge in [0.1, 0.15) is 0 Å². The monoisotopic (exact) mass is 183 g/mol. The van der Waals surface area contributed by atoms with Crippen LogP contribution in [-0.4, -0.2) is 0 Å². The molecule has 12 heavy (non-hydrogen) atoms. The highest BCUT2D eigenvalue weighted by molar-refractivity contribution is 6.31. The predicted octanol–water partition coefficient (Wildman–Crippen LogP) is 3.06. The molecule has 0 radical (unpaired) electrons. The number of benzene rings is 1. The minimum absolute atomic E-state index is 0.0682. The van der Waals surface area contributed by atoms with Gasteiger partial charge in [-0.25, -0.2) is 0 Å². The van der Waals surface area contributed by atoms with E-state index in [9.17, 15) is 0 Å². The molecule has 2 N–H and O–H groups in total. The maximum absolute atomic E-state index is 6.02. The van der Waals surface area contributed by atoms with E-state index >= 15 is 0 Å². The summed E-state index contributed by atoms with van der Waals surface area (Å²) in [5.41, 5.74) is 8.17. The molecular formula is C10H14ClN. The Kier molecular flexibility index (Phi) is 3.12. The molecule has 66 valence electrons. The van der Waals surface area contributed by atoms with Crippen molar-refractivity contribution in [1.82, 2.24) is 0 Å². The number of hydrogen-bond donors (Lipinski definition) is 1. The van der Waals surface area contributed by atoms with E-state index in [0.29, 0.717) is 0 Å². The fourth-order valence-corrected chi connectivity index (χ4v) is 1.68. The Labute approximate surface area is 78.5 Å². The summed E-state index contributed by atoms with van der Waals surface area (Å²) in [5, 5.41) is 0.782. The van der Waals surface area contributed by atoms with Gasteiger partial charge in [-0.3, -0.25) is 0 Å². The molecule has 1 atom stereocenters. The van der Waals surface area contributed by atoms with E-state index in [4.69, 9.17) is 17.3 Å². The number of halogens is 1. The summed E-state index contributed by atoms with van der Waals surface area (Å²) in [7, 11) is 0. The zero-order valence-electron chi connectivity index (χ0n) is 7.47. The highest BCUT2D eigenvalue weighted by Gasteiger charge is 2.09. The molecule has 0 unspecified atom stereocenters. The van der Waals surface area contributed by atoms with Gasteiger partial charge in [-0.1, -0.05) is 30.7 Å². The van der Waals surface area contributed by atoms with Gasteiger partial charge in [0.2, 0.25) is 0 Å². The fourth-order valence-electron chi connectivity index (χ4n) is 1.32. The van der Waals surface area contributed by atoms with Gasteiger partial charge < -0.3 is 5.73 Å². The summed E-state index contributed by atoms with van der Waals surface area (Å²) in [5.74, 6) is 0. The van der Waals surface area contributed by atoms with Crippen molar-refractivity contribution in [3.8, 4) is 0 Å². The molecule has 1 nitrogen and oxygen atoms in total. The maximum atomic E-state index is 6.02. The first-order valence-electron chi connectivity index (χ1n) is 4.17. The Morgan fingerprint density at radius 3 is 2.67 bits per heavy atom. The summed E-state index contributed by atoms with van der Waals surface area (Å²) < 4.78 is 0. The summed E-state index contributed by atoms with van der Waals surface area (Å²) >= 11 is 6.02. The van der Waals surface area contributed by atoms with Gasteiger partial charge in [0.25, 0.3) is 0 Å². The average molecular weight is 184 g/mol. The van der Waals surface area contributed by atoms with Crippen molar-refractivity contribution in [2.45, 2.75) is 26.3 Å². The molecule has 1 aromatic rings. The van der Waals surface area contributed by atoms with Crippen molar-refractivity contribution in [3.63, 3.8) is 0 Å². The van der Waals surface area contributed by atoms with Crippen LogP contribution in [0.15, 0.2) is 18.2 Å². The third-order valence-corrected chi connectivity index (χ3v) is 2.41. The Morgan fingerprint density at radius 1 is 1.50 bits per heavy atom. The van der Waals surface area contributed by atoms with Crippen molar-refractivity contribution in [2.75, 3.05) is 0 Å². The van der Waals surface area contributed by atoms with E-state index in [-0.39, 0.29) is 6.04 Å². The smallest absolute Gasteiger partial charge is 0.0456 e. The minimum Gasteiger partial charge on any atom is -0.324 e. The van der Waals surface area contributed by atoms with Crippen molar-refractivity contribution < 1.29 is 0 Å². The first kappa shape index (κ1) is 9.56. The lowest BCUT2D eigenvalue weighted by atomic mass is 10.0. The standard InChI is InChI=1S/C10H14ClN/c1-3-9(12)10-7(2)5-4-6-8(10)11/h4-6,9H,3,12H2,1-2H3/t9-/m1/s1. The minimum atomic E-state index is 0.0682. The Balaban J connectivity index is 3.12. The number of aryl methyl sites for hydroxylation is 1. The van der Waals surface area contributed by atoms with Gasteiger partial charge in [0, 0.05) is 11.1 Å². The first-order valence-corrected chi connectivity index (χ1v) is 4.55. The molecule has 0 saturated heterocycles. The second kappa shape index (κ2) is 3.92. The van der Waals surface area contributed by atoms with Gasteiger partial charge in [-0.05, 0) is 30.5 Å². The van der Waals surface area contributed by atoms with Gasteiger partial charge in [0.15, 0.2) is 0 Å². The van der Waals surface area contributed by atoms with Gasteiger partial charge in [-0.15, -0.1) is 0 Å². The molecule has 2 heteroatoms. The molecule has 0 bridgehead atoms. The van der Waals surface area contributed by atoms with Crippen molar-refractivity contribution in [2.24, 2.45) is 5.73 Å². The van der Waals surface area contributed by atoms with Crippen LogP contribution in [0.2, 0.25) is 5.02 Å². The second-order valence-electron chi connectivity index (χ2n) is 2.99. The van der Waals surface area contributed by atoms with E-state index in [0.717, 1.165) is 17.0 Å². The quantitative estimate of drug-likeness (QED) is 0.750. The number of nitrogens with two attached hydrogens (primary N) is 1. The van der Waals surface area contributed by atoms with E-state index in [1.165, 1.54) is 5.56 Å². The predicted molar refractivity (Wildman–Crippen MR) is 53.4 cm³/mol. The lowest BCUT2D eigenvalue weighted by Gasteiger charge is -2.13. The lowest BCUT2D eigenvalue weighted by Crippen LogP contribution is -2.10. The van der Waals surface area contributed by atoms with Crippen LogP contribution in [0.5, 0.6) is 0 Å². The van der Waals surface area contributed by atoms with Crippen LogP contribution in [0.1, 0.15) is 30.5 Å².